The molecule has 20 heavy (non-hydrogen) atoms. The summed E-state index contributed by atoms with van der Waals surface area (Å²) in [6.45, 7) is 1.91. The first-order chi connectivity index (χ1) is 9.81. The van der Waals surface area contributed by atoms with Crippen LogP contribution < -0.4 is 5.32 Å². The number of nitrogens with one attached hydrogen (secondary N) is 2. The molecule has 0 saturated heterocycles. The molecule has 0 aliphatic heterocycles. The van der Waals surface area contributed by atoms with Crippen LogP contribution in [0.25, 0.3) is 16.7 Å². The van der Waals surface area contributed by atoms with Gasteiger partial charge in [-0.2, -0.15) is 5.10 Å². The Balaban J connectivity index is 1.76. The fourth-order valence-corrected chi connectivity index (χ4v) is 2.17. The van der Waals surface area contributed by atoms with Crippen LogP contribution in [0.5, 0.6) is 0 Å². The number of hydrogen-bond donors (Lipinski definition) is 2. The van der Waals surface area contributed by atoms with E-state index in [1.54, 1.807) is 6.20 Å². The minimum absolute atomic E-state index is 0.696. The van der Waals surface area contributed by atoms with Crippen molar-refractivity contribution in [1.82, 2.24) is 29.8 Å². The normalized spacial score (nSPS) is 11.2. The number of rotatable bonds is 2. The average Bonchev–Trinajstić information content (AvgIpc) is 3.04. The molecule has 98 valence electrons. The molecule has 0 amide bonds. The summed E-state index contributed by atoms with van der Waals surface area (Å²) in [4.78, 5) is 4.31. The van der Waals surface area contributed by atoms with Crippen LogP contribution in [0.4, 0.5) is 11.5 Å². The lowest BCUT2D eigenvalue weighted by molar-refractivity contribution is 1.01. The van der Waals surface area contributed by atoms with Crippen LogP contribution in [-0.2, 0) is 0 Å². The molecule has 0 unspecified atom stereocenters. The lowest BCUT2D eigenvalue weighted by Gasteiger charge is -2.03. The molecule has 7 heteroatoms. The van der Waals surface area contributed by atoms with Crippen LogP contribution in [0, 0.1) is 6.92 Å². The SMILES string of the molecule is Cc1nnc2cc(Nc3n[nH]c4cccnc34)ccn12. The van der Waals surface area contributed by atoms with Gasteiger partial charge in [-0.25, -0.2) is 0 Å². The lowest BCUT2D eigenvalue weighted by Crippen LogP contribution is -1.94. The second-order valence-electron chi connectivity index (χ2n) is 4.49. The van der Waals surface area contributed by atoms with Crippen LogP contribution in [0.3, 0.4) is 0 Å². The summed E-state index contributed by atoms with van der Waals surface area (Å²) in [7, 11) is 0. The van der Waals surface area contributed by atoms with Crippen LogP contribution in [0.2, 0.25) is 0 Å². The number of hydrogen-bond acceptors (Lipinski definition) is 5. The van der Waals surface area contributed by atoms with Gasteiger partial charge in [0, 0.05) is 24.1 Å². The van der Waals surface area contributed by atoms with Crippen LogP contribution in [0.1, 0.15) is 5.82 Å². The van der Waals surface area contributed by atoms with Crippen molar-refractivity contribution in [2.45, 2.75) is 6.92 Å². The summed E-state index contributed by atoms with van der Waals surface area (Å²) in [6, 6.07) is 7.68. The molecule has 0 aliphatic carbocycles. The van der Waals surface area contributed by atoms with E-state index in [0.717, 1.165) is 28.2 Å². The maximum atomic E-state index is 4.31. The summed E-state index contributed by atoms with van der Waals surface area (Å²) in [5, 5.41) is 18.6. The van der Waals surface area contributed by atoms with Crippen molar-refractivity contribution in [3.63, 3.8) is 0 Å². The highest BCUT2D eigenvalue weighted by Gasteiger charge is 2.07. The third-order valence-corrected chi connectivity index (χ3v) is 3.16. The zero-order valence-electron chi connectivity index (χ0n) is 10.7. The van der Waals surface area contributed by atoms with Crippen molar-refractivity contribution in [2.24, 2.45) is 0 Å². The Kier molecular flexibility index (Phi) is 2.19. The van der Waals surface area contributed by atoms with E-state index in [1.165, 1.54) is 0 Å². The molecule has 2 N–H and O–H groups in total. The molecule has 4 heterocycles. The van der Waals surface area contributed by atoms with Crippen molar-refractivity contribution >= 4 is 28.2 Å². The van der Waals surface area contributed by atoms with Crippen molar-refractivity contribution in [3.8, 4) is 0 Å². The zero-order valence-corrected chi connectivity index (χ0v) is 10.7. The monoisotopic (exact) mass is 265 g/mol. The fraction of sp³-hybridized carbons (Fsp3) is 0.0769. The van der Waals surface area contributed by atoms with Gasteiger partial charge in [-0.1, -0.05) is 0 Å². The van der Waals surface area contributed by atoms with Crippen molar-refractivity contribution in [2.75, 3.05) is 5.32 Å². The number of anilines is 2. The van der Waals surface area contributed by atoms with Gasteiger partial charge in [-0.3, -0.25) is 14.5 Å². The fourth-order valence-electron chi connectivity index (χ4n) is 2.17. The largest absolute Gasteiger partial charge is 0.337 e. The van der Waals surface area contributed by atoms with Gasteiger partial charge in [0.15, 0.2) is 11.5 Å². The van der Waals surface area contributed by atoms with E-state index in [9.17, 15) is 0 Å². The standard InChI is InChI=1S/C13H11N7/c1-8-16-18-11-7-9(4-6-20(8)11)15-13-12-10(17-19-13)3-2-5-14-12/h2-7H,1H3,(H2,15,17,19). The molecule has 0 spiro atoms. The number of nitrogens with zero attached hydrogens (tertiary/aromatic N) is 5. The van der Waals surface area contributed by atoms with Crippen molar-refractivity contribution in [3.05, 3.63) is 42.5 Å². The summed E-state index contributed by atoms with van der Waals surface area (Å²) < 4.78 is 1.92. The Labute approximate surface area is 113 Å². The third-order valence-electron chi connectivity index (χ3n) is 3.16. The molecule has 0 atom stereocenters. The summed E-state index contributed by atoms with van der Waals surface area (Å²) >= 11 is 0. The predicted octanol–water partition coefficient (Wildman–Crippen LogP) is 2.05. The first kappa shape index (κ1) is 10.9. The Morgan fingerprint density at radius 2 is 2.20 bits per heavy atom. The number of H-pyrrole nitrogens is 1. The smallest absolute Gasteiger partial charge is 0.178 e. The van der Waals surface area contributed by atoms with Gasteiger partial charge in [-0.15, -0.1) is 10.2 Å². The molecule has 0 fully saturated rings. The Morgan fingerprint density at radius 3 is 3.15 bits per heavy atom. The Hall–Kier alpha value is -2.96. The Morgan fingerprint density at radius 1 is 1.25 bits per heavy atom. The number of fused-ring (bicyclic) bond motifs is 2. The topological polar surface area (TPSA) is 83.8 Å². The molecule has 0 saturated carbocycles. The van der Waals surface area contributed by atoms with E-state index in [4.69, 9.17) is 0 Å². The molecule has 4 rings (SSSR count). The zero-order chi connectivity index (χ0) is 13.5. The molecule has 4 aromatic rings. The molecule has 0 radical (unpaired) electrons. The van der Waals surface area contributed by atoms with Gasteiger partial charge < -0.3 is 5.32 Å². The molecular weight excluding hydrogens is 254 g/mol. The number of aryl methyl sites for hydroxylation is 1. The number of pyridine rings is 2. The van der Waals surface area contributed by atoms with E-state index in [0.29, 0.717) is 5.82 Å². The predicted molar refractivity (Wildman–Crippen MR) is 74.9 cm³/mol. The van der Waals surface area contributed by atoms with Gasteiger partial charge in [-0.05, 0) is 25.1 Å². The summed E-state index contributed by atoms with van der Waals surface area (Å²) in [6.07, 6.45) is 3.67. The van der Waals surface area contributed by atoms with E-state index in [-0.39, 0.29) is 0 Å². The second-order valence-corrected chi connectivity index (χ2v) is 4.49. The minimum atomic E-state index is 0.696. The van der Waals surface area contributed by atoms with Gasteiger partial charge in [0.2, 0.25) is 0 Å². The van der Waals surface area contributed by atoms with Crippen LogP contribution in [0.15, 0.2) is 36.7 Å². The molecule has 0 aliphatic rings. The first-order valence-corrected chi connectivity index (χ1v) is 6.19. The maximum Gasteiger partial charge on any atom is 0.178 e. The quantitative estimate of drug-likeness (QED) is 0.579. The van der Waals surface area contributed by atoms with E-state index >= 15 is 0 Å². The van der Waals surface area contributed by atoms with Crippen LogP contribution in [-0.4, -0.2) is 29.8 Å². The lowest BCUT2D eigenvalue weighted by atomic mass is 10.3. The van der Waals surface area contributed by atoms with Crippen molar-refractivity contribution < 1.29 is 0 Å². The molecule has 0 bridgehead atoms. The van der Waals surface area contributed by atoms with E-state index in [1.807, 2.05) is 41.8 Å². The van der Waals surface area contributed by atoms with Gasteiger partial charge in [0.25, 0.3) is 0 Å². The highest BCUT2D eigenvalue weighted by molar-refractivity contribution is 5.87. The summed E-state index contributed by atoms with van der Waals surface area (Å²) in [5.74, 6) is 1.56. The number of aromatic amines is 1. The number of aromatic nitrogens is 6. The van der Waals surface area contributed by atoms with E-state index < -0.39 is 0 Å². The Bertz CT molecular complexity index is 905. The van der Waals surface area contributed by atoms with Crippen LogP contribution >= 0.6 is 0 Å². The molecular formula is C13H11N7. The van der Waals surface area contributed by atoms with Crippen molar-refractivity contribution in [1.29, 1.82) is 0 Å². The molecule has 7 nitrogen and oxygen atoms in total. The molecule has 0 aromatic carbocycles. The highest BCUT2D eigenvalue weighted by Crippen LogP contribution is 2.22. The third kappa shape index (κ3) is 1.60. The maximum absolute atomic E-state index is 4.31. The van der Waals surface area contributed by atoms with Gasteiger partial charge in [0.1, 0.15) is 11.3 Å². The molecule has 4 aromatic heterocycles. The minimum Gasteiger partial charge on any atom is -0.337 e. The average molecular weight is 265 g/mol. The summed E-state index contributed by atoms with van der Waals surface area (Å²) in [5.41, 5.74) is 3.39. The van der Waals surface area contributed by atoms with Gasteiger partial charge >= 0.3 is 0 Å². The highest BCUT2D eigenvalue weighted by atomic mass is 15.2. The second kappa shape index (κ2) is 4.02. The first-order valence-electron chi connectivity index (χ1n) is 6.19. The van der Waals surface area contributed by atoms with E-state index in [2.05, 4.69) is 30.7 Å². The van der Waals surface area contributed by atoms with Gasteiger partial charge in [0.05, 0.1) is 5.52 Å².